The van der Waals surface area contributed by atoms with E-state index < -0.39 is 29.1 Å². The van der Waals surface area contributed by atoms with Gasteiger partial charge in [-0.05, 0) is 35.7 Å². The van der Waals surface area contributed by atoms with Gasteiger partial charge in [0.1, 0.15) is 16.6 Å². The Labute approximate surface area is 171 Å². The smallest absolute Gasteiger partial charge is 0.321 e. The topological polar surface area (TPSA) is 96.0 Å². The standard InChI is InChI=1S/C18H20FN3O5S2/c19-14-3-5-15(6-4-14)21-7-9-22(10-8-21)16(23)13-27-17(24)12-20-29(25,26)18-2-1-11-28-18/h1-6,11,20H,7-10,12-13H2. The zero-order valence-corrected chi connectivity index (χ0v) is 17.0. The fourth-order valence-electron chi connectivity index (χ4n) is 2.79. The maximum absolute atomic E-state index is 13.0. The number of piperazine rings is 1. The number of thiophene rings is 1. The van der Waals surface area contributed by atoms with Crippen molar-refractivity contribution in [3.8, 4) is 0 Å². The highest BCUT2D eigenvalue weighted by Gasteiger charge is 2.23. The minimum atomic E-state index is -3.76. The minimum absolute atomic E-state index is 0.0976. The summed E-state index contributed by atoms with van der Waals surface area (Å²) in [7, 11) is -3.76. The van der Waals surface area contributed by atoms with Crippen molar-refractivity contribution < 1.29 is 27.1 Å². The molecule has 1 N–H and O–H groups in total. The van der Waals surface area contributed by atoms with Crippen LogP contribution in [0.5, 0.6) is 0 Å². The molecule has 11 heteroatoms. The fraction of sp³-hybridized carbons (Fsp3) is 0.333. The second kappa shape index (κ2) is 9.33. The van der Waals surface area contributed by atoms with Crippen LogP contribution in [-0.2, 0) is 24.3 Å². The molecule has 1 fully saturated rings. The second-order valence-corrected chi connectivity index (χ2v) is 9.20. The lowest BCUT2D eigenvalue weighted by atomic mass is 10.2. The van der Waals surface area contributed by atoms with Crippen molar-refractivity contribution in [1.29, 1.82) is 0 Å². The van der Waals surface area contributed by atoms with E-state index in [9.17, 15) is 22.4 Å². The summed E-state index contributed by atoms with van der Waals surface area (Å²) in [5.41, 5.74) is 0.878. The van der Waals surface area contributed by atoms with E-state index in [1.807, 2.05) is 4.90 Å². The van der Waals surface area contributed by atoms with Gasteiger partial charge in [-0.1, -0.05) is 6.07 Å². The molecular formula is C18H20FN3O5S2. The Morgan fingerprint density at radius 1 is 1.10 bits per heavy atom. The summed E-state index contributed by atoms with van der Waals surface area (Å²) in [6.45, 7) is 1.04. The third kappa shape index (κ3) is 5.75. The Morgan fingerprint density at radius 3 is 2.41 bits per heavy atom. The van der Waals surface area contributed by atoms with Gasteiger partial charge in [0.05, 0.1) is 0 Å². The molecule has 0 saturated carbocycles. The van der Waals surface area contributed by atoms with Crippen molar-refractivity contribution >= 4 is 38.9 Å². The lowest BCUT2D eigenvalue weighted by molar-refractivity contribution is -0.151. The predicted molar refractivity (Wildman–Crippen MR) is 106 cm³/mol. The predicted octanol–water partition coefficient (Wildman–Crippen LogP) is 1.06. The molecule has 1 amide bonds. The number of amides is 1. The Bertz CT molecular complexity index is 940. The van der Waals surface area contributed by atoms with E-state index in [-0.39, 0.29) is 15.9 Å². The highest BCUT2D eigenvalue weighted by Crippen LogP contribution is 2.17. The largest absolute Gasteiger partial charge is 0.455 e. The number of rotatable bonds is 7. The van der Waals surface area contributed by atoms with Gasteiger partial charge >= 0.3 is 5.97 Å². The molecule has 0 atom stereocenters. The van der Waals surface area contributed by atoms with Crippen molar-refractivity contribution in [2.45, 2.75) is 4.21 Å². The van der Waals surface area contributed by atoms with Gasteiger partial charge in [0.15, 0.2) is 6.61 Å². The Balaban J connectivity index is 1.39. The summed E-state index contributed by atoms with van der Waals surface area (Å²) in [5.74, 6) is -1.48. The molecule has 8 nitrogen and oxygen atoms in total. The SMILES string of the molecule is O=C(CNS(=O)(=O)c1cccs1)OCC(=O)N1CCN(c2ccc(F)cc2)CC1. The first-order valence-electron chi connectivity index (χ1n) is 8.82. The maximum atomic E-state index is 13.0. The molecular weight excluding hydrogens is 421 g/mol. The molecule has 2 heterocycles. The number of esters is 1. The van der Waals surface area contributed by atoms with Crippen LogP contribution in [0, 0.1) is 5.82 Å². The zero-order valence-electron chi connectivity index (χ0n) is 15.4. The van der Waals surface area contributed by atoms with E-state index in [0.29, 0.717) is 26.2 Å². The number of carbonyl (C=O) groups excluding carboxylic acids is 2. The number of nitrogens with one attached hydrogen (secondary N) is 1. The first-order valence-corrected chi connectivity index (χ1v) is 11.2. The van der Waals surface area contributed by atoms with Crippen LogP contribution in [0.3, 0.4) is 0 Å². The quantitative estimate of drug-likeness (QED) is 0.646. The van der Waals surface area contributed by atoms with Crippen molar-refractivity contribution in [3.63, 3.8) is 0 Å². The van der Waals surface area contributed by atoms with Crippen LogP contribution < -0.4 is 9.62 Å². The van der Waals surface area contributed by atoms with Crippen molar-refractivity contribution in [2.75, 3.05) is 44.2 Å². The van der Waals surface area contributed by atoms with Crippen molar-refractivity contribution in [3.05, 3.63) is 47.6 Å². The molecule has 1 aromatic heterocycles. The van der Waals surface area contributed by atoms with Gasteiger partial charge in [-0.15, -0.1) is 11.3 Å². The lowest BCUT2D eigenvalue weighted by Crippen LogP contribution is -2.50. The van der Waals surface area contributed by atoms with Gasteiger partial charge in [-0.2, -0.15) is 4.72 Å². The molecule has 156 valence electrons. The van der Waals surface area contributed by atoms with Crippen LogP contribution in [0.1, 0.15) is 0 Å². The number of ether oxygens (including phenoxy) is 1. The lowest BCUT2D eigenvalue weighted by Gasteiger charge is -2.36. The molecule has 0 radical (unpaired) electrons. The van der Waals surface area contributed by atoms with E-state index in [4.69, 9.17) is 4.74 Å². The van der Waals surface area contributed by atoms with E-state index in [0.717, 1.165) is 17.0 Å². The number of hydrogen-bond acceptors (Lipinski definition) is 7. The molecule has 1 aliphatic heterocycles. The number of anilines is 1. The summed E-state index contributed by atoms with van der Waals surface area (Å²) in [6.07, 6.45) is 0. The fourth-order valence-corrected chi connectivity index (χ4v) is 4.80. The number of carbonyl (C=O) groups is 2. The molecule has 0 aliphatic carbocycles. The van der Waals surface area contributed by atoms with Crippen LogP contribution in [0.2, 0.25) is 0 Å². The van der Waals surface area contributed by atoms with E-state index in [1.165, 1.54) is 18.2 Å². The first kappa shape index (κ1) is 21.2. The van der Waals surface area contributed by atoms with Gasteiger partial charge in [0, 0.05) is 31.9 Å². The molecule has 0 unspecified atom stereocenters. The monoisotopic (exact) mass is 441 g/mol. The third-order valence-electron chi connectivity index (χ3n) is 4.35. The molecule has 0 spiro atoms. The number of sulfonamides is 1. The van der Waals surface area contributed by atoms with Gasteiger partial charge < -0.3 is 14.5 Å². The highest BCUT2D eigenvalue weighted by molar-refractivity contribution is 7.91. The molecule has 29 heavy (non-hydrogen) atoms. The number of benzene rings is 1. The second-order valence-electron chi connectivity index (χ2n) is 6.26. The molecule has 1 aliphatic rings. The summed E-state index contributed by atoms with van der Waals surface area (Å²) < 4.78 is 44.0. The van der Waals surface area contributed by atoms with Gasteiger partial charge in [-0.3, -0.25) is 9.59 Å². The molecule has 2 aromatic rings. The Hall–Kier alpha value is -2.50. The summed E-state index contributed by atoms with van der Waals surface area (Å²) in [5, 5.41) is 1.61. The van der Waals surface area contributed by atoms with Crippen LogP contribution in [0.4, 0.5) is 10.1 Å². The summed E-state index contributed by atoms with van der Waals surface area (Å²) in [6, 6.07) is 9.16. The van der Waals surface area contributed by atoms with E-state index >= 15 is 0 Å². The number of nitrogens with zero attached hydrogens (tertiary/aromatic N) is 2. The van der Waals surface area contributed by atoms with Crippen LogP contribution in [-0.4, -0.2) is 64.5 Å². The average molecular weight is 442 g/mol. The van der Waals surface area contributed by atoms with Gasteiger partial charge in [0.2, 0.25) is 0 Å². The normalized spacial score (nSPS) is 14.7. The number of halogens is 1. The Morgan fingerprint density at radius 2 is 1.79 bits per heavy atom. The molecule has 0 bridgehead atoms. The van der Waals surface area contributed by atoms with Gasteiger partial charge in [0.25, 0.3) is 15.9 Å². The van der Waals surface area contributed by atoms with Crippen LogP contribution in [0.15, 0.2) is 46.0 Å². The minimum Gasteiger partial charge on any atom is -0.455 e. The molecule has 1 aromatic carbocycles. The molecule has 1 saturated heterocycles. The van der Waals surface area contributed by atoms with Crippen molar-refractivity contribution in [2.24, 2.45) is 0 Å². The van der Waals surface area contributed by atoms with Crippen LogP contribution in [0.25, 0.3) is 0 Å². The first-order chi connectivity index (χ1) is 13.8. The average Bonchev–Trinajstić information content (AvgIpc) is 3.27. The zero-order chi connectivity index (χ0) is 20.9. The highest BCUT2D eigenvalue weighted by atomic mass is 32.2. The molecule has 3 rings (SSSR count). The van der Waals surface area contributed by atoms with E-state index in [1.54, 1.807) is 28.5 Å². The van der Waals surface area contributed by atoms with E-state index in [2.05, 4.69) is 4.72 Å². The Kier molecular flexibility index (Phi) is 6.83. The third-order valence-corrected chi connectivity index (χ3v) is 7.15. The summed E-state index contributed by atoms with van der Waals surface area (Å²) >= 11 is 1.03. The number of hydrogen-bond donors (Lipinski definition) is 1. The maximum Gasteiger partial charge on any atom is 0.321 e. The van der Waals surface area contributed by atoms with Gasteiger partial charge in [-0.25, -0.2) is 12.8 Å². The van der Waals surface area contributed by atoms with Crippen molar-refractivity contribution in [1.82, 2.24) is 9.62 Å². The van der Waals surface area contributed by atoms with Crippen LogP contribution >= 0.6 is 11.3 Å². The summed E-state index contributed by atoms with van der Waals surface area (Å²) in [4.78, 5) is 27.6.